The highest BCUT2D eigenvalue weighted by Crippen LogP contribution is 2.29. The van der Waals surface area contributed by atoms with Crippen molar-refractivity contribution >= 4 is 10.8 Å². The summed E-state index contributed by atoms with van der Waals surface area (Å²) < 4.78 is 59.7. The molecule has 0 atom stereocenters. The van der Waals surface area contributed by atoms with Crippen molar-refractivity contribution in [3.8, 4) is 6.07 Å². The van der Waals surface area contributed by atoms with Crippen LogP contribution in [-0.2, 0) is 27.1 Å². The van der Waals surface area contributed by atoms with Crippen LogP contribution in [0.25, 0.3) is 10.8 Å². The lowest BCUT2D eigenvalue weighted by molar-refractivity contribution is -0.229. The van der Waals surface area contributed by atoms with Gasteiger partial charge in [0.25, 0.3) is 0 Å². The van der Waals surface area contributed by atoms with Crippen LogP contribution in [0.1, 0.15) is 35.5 Å². The van der Waals surface area contributed by atoms with Gasteiger partial charge in [-0.2, -0.15) is 5.26 Å². The summed E-state index contributed by atoms with van der Waals surface area (Å²) in [5.74, 6) is -2.19. The van der Waals surface area contributed by atoms with Crippen molar-refractivity contribution in [2.75, 3.05) is 19.8 Å². The van der Waals surface area contributed by atoms with E-state index in [2.05, 4.69) is 0 Å². The first-order valence-electron chi connectivity index (χ1n) is 10.4. The zero-order chi connectivity index (χ0) is 22.7. The highest BCUT2D eigenvalue weighted by atomic mass is 19.1. The fourth-order valence-electron chi connectivity index (χ4n) is 3.86. The van der Waals surface area contributed by atoms with Gasteiger partial charge >= 0.3 is 0 Å². The molecule has 0 aromatic heterocycles. The second-order valence-electron chi connectivity index (χ2n) is 7.64. The summed E-state index contributed by atoms with van der Waals surface area (Å²) in [5, 5.41) is 9.93. The molecular weight excluding hydrogens is 419 g/mol. The number of benzene rings is 3. The van der Waals surface area contributed by atoms with Crippen LogP contribution in [0, 0.1) is 28.8 Å². The Morgan fingerprint density at radius 3 is 2.38 bits per heavy atom. The van der Waals surface area contributed by atoms with Crippen molar-refractivity contribution < 1.29 is 27.4 Å². The summed E-state index contributed by atoms with van der Waals surface area (Å²) in [4.78, 5) is 0. The van der Waals surface area contributed by atoms with Crippen LogP contribution in [0.5, 0.6) is 0 Å². The van der Waals surface area contributed by atoms with E-state index in [1.54, 1.807) is 18.2 Å². The van der Waals surface area contributed by atoms with E-state index in [1.807, 2.05) is 19.1 Å². The monoisotopic (exact) mass is 441 g/mol. The van der Waals surface area contributed by atoms with Crippen LogP contribution in [0.4, 0.5) is 13.2 Å². The van der Waals surface area contributed by atoms with E-state index in [0.29, 0.717) is 41.7 Å². The van der Waals surface area contributed by atoms with E-state index < -0.39 is 23.5 Å². The Balaban J connectivity index is 1.49. The second kappa shape index (κ2) is 9.70. The minimum atomic E-state index is -0.909. The van der Waals surface area contributed by atoms with Gasteiger partial charge < -0.3 is 14.2 Å². The fraction of sp³-hybridized carbons (Fsp3) is 0.320. The zero-order valence-electron chi connectivity index (χ0n) is 17.5. The maximum Gasteiger partial charge on any atom is 0.184 e. The van der Waals surface area contributed by atoms with Gasteiger partial charge in [-0.1, -0.05) is 24.3 Å². The SMILES string of the molecule is CCOC1COC(c2ccc3c(F)c(CCc4cc(F)c(C#N)c(F)c4)ccc3c2)OC1. The standard InChI is InChI=1S/C25H22F3NO3/c1-2-30-19-13-31-25(32-14-19)18-7-8-20-17(11-18)6-5-16(24(20)28)4-3-15-9-22(26)21(12-29)23(27)10-15/h5-11,19,25H,2-4,13-14H2,1H3. The molecule has 0 N–H and O–H groups in total. The average Bonchev–Trinajstić information content (AvgIpc) is 2.79. The molecule has 0 unspecified atom stereocenters. The highest BCUT2D eigenvalue weighted by molar-refractivity contribution is 5.84. The number of nitrogens with zero attached hydrogens (tertiary/aromatic N) is 1. The maximum absolute atomic E-state index is 15.1. The minimum Gasteiger partial charge on any atom is -0.374 e. The number of halogens is 3. The summed E-state index contributed by atoms with van der Waals surface area (Å²) in [6.45, 7) is 3.37. The Bertz CT molecular complexity index is 1140. The van der Waals surface area contributed by atoms with Gasteiger partial charge in [-0.25, -0.2) is 13.2 Å². The van der Waals surface area contributed by atoms with E-state index >= 15 is 4.39 Å². The van der Waals surface area contributed by atoms with Crippen molar-refractivity contribution in [2.45, 2.75) is 32.2 Å². The van der Waals surface area contributed by atoms with Gasteiger partial charge in [0.15, 0.2) is 6.29 Å². The van der Waals surface area contributed by atoms with Crippen molar-refractivity contribution in [2.24, 2.45) is 0 Å². The number of ether oxygens (including phenoxy) is 3. The van der Waals surface area contributed by atoms with Crippen molar-refractivity contribution in [3.63, 3.8) is 0 Å². The summed E-state index contributed by atoms with van der Waals surface area (Å²) in [7, 11) is 0. The molecule has 4 nitrogen and oxygen atoms in total. The number of fused-ring (bicyclic) bond motifs is 1. The first kappa shape index (κ1) is 22.3. The zero-order valence-corrected chi connectivity index (χ0v) is 17.5. The van der Waals surface area contributed by atoms with Crippen LogP contribution >= 0.6 is 0 Å². The molecule has 3 aromatic carbocycles. The molecule has 1 heterocycles. The van der Waals surface area contributed by atoms with Gasteiger partial charge in [0, 0.05) is 17.6 Å². The number of rotatable bonds is 6. The largest absolute Gasteiger partial charge is 0.374 e. The molecule has 1 aliphatic rings. The molecule has 1 aliphatic heterocycles. The number of hydrogen-bond acceptors (Lipinski definition) is 4. The molecule has 32 heavy (non-hydrogen) atoms. The molecule has 0 radical (unpaired) electrons. The van der Waals surface area contributed by atoms with Crippen molar-refractivity contribution in [1.82, 2.24) is 0 Å². The lowest BCUT2D eigenvalue weighted by Crippen LogP contribution is -2.33. The first-order valence-corrected chi connectivity index (χ1v) is 10.4. The van der Waals surface area contributed by atoms with Crippen molar-refractivity contribution in [3.05, 3.63) is 82.2 Å². The van der Waals surface area contributed by atoms with E-state index in [9.17, 15) is 8.78 Å². The molecule has 0 saturated carbocycles. The van der Waals surface area contributed by atoms with Crippen LogP contribution in [0.3, 0.4) is 0 Å². The molecular formula is C25H22F3NO3. The molecule has 7 heteroatoms. The number of nitriles is 1. The molecule has 0 amide bonds. The molecule has 3 aromatic rings. The predicted molar refractivity (Wildman–Crippen MR) is 112 cm³/mol. The Hall–Kier alpha value is -2.92. The maximum atomic E-state index is 15.1. The minimum absolute atomic E-state index is 0.0882. The fourth-order valence-corrected chi connectivity index (χ4v) is 3.86. The second-order valence-corrected chi connectivity index (χ2v) is 7.64. The van der Waals surface area contributed by atoms with E-state index in [1.165, 1.54) is 6.07 Å². The molecule has 0 spiro atoms. The Kier molecular flexibility index (Phi) is 6.75. The van der Waals surface area contributed by atoms with Gasteiger partial charge in [0.05, 0.1) is 13.2 Å². The van der Waals surface area contributed by atoms with Gasteiger partial charge in [-0.05, 0) is 54.5 Å². The molecule has 0 bridgehead atoms. The predicted octanol–water partition coefficient (Wildman–Crippen LogP) is 5.36. The number of hydrogen-bond donors (Lipinski definition) is 0. The third-order valence-electron chi connectivity index (χ3n) is 5.50. The summed E-state index contributed by atoms with van der Waals surface area (Å²) >= 11 is 0. The van der Waals surface area contributed by atoms with E-state index in [4.69, 9.17) is 19.5 Å². The van der Waals surface area contributed by atoms with Crippen molar-refractivity contribution in [1.29, 1.82) is 5.26 Å². The first-order chi connectivity index (χ1) is 15.5. The molecule has 0 aliphatic carbocycles. The lowest BCUT2D eigenvalue weighted by Gasteiger charge is -2.29. The van der Waals surface area contributed by atoms with Gasteiger partial charge in [-0.15, -0.1) is 0 Å². The summed E-state index contributed by atoms with van der Waals surface area (Å²) in [6.07, 6.45) is -0.109. The highest BCUT2D eigenvalue weighted by Gasteiger charge is 2.24. The van der Waals surface area contributed by atoms with Crippen LogP contribution in [0.2, 0.25) is 0 Å². The van der Waals surface area contributed by atoms with Gasteiger partial charge in [0.1, 0.15) is 35.2 Å². The van der Waals surface area contributed by atoms with Gasteiger partial charge in [-0.3, -0.25) is 0 Å². The number of aryl methyl sites for hydroxylation is 2. The smallest absolute Gasteiger partial charge is 0.184 e. The normalized spacial score (nSPS) is 18.6. The Morgan fingerprint density at radius 2 is 1.72 bits per heavy atom. The summed E-state index contributed by atoms with van der Waals surface area (Å²) in [6, 6.07) is 12.5. The van der Waals surface area contributed by atoms with Crippen LogP contribution in [-0.4, -0.2) is 25.9 Å². The third kappa shape index (κ3) is 4.63. The Morgan fingerprint density at radius 1 is 1.00 bits per heavy atom. The van der Waals surface area contributed by atoms with E-state index in [0.717, 1.165) is 17.7 Å². The van der Waals surface area contributed by atoms with Crippen LogP contribution < -0.4 is 0 Å². The summed E-state index contributed by atoms with van der Waals surface area (Å²) in [5.41, 5.74) is 0.995. The molecule has 4 rings (SSSR count). The average molecular weight is 441 g/mol. The van der Waals surface area contributed by atoms with Gasteiger partial charge in [0.2, 0.25) is 0 Å². The van der Waals surface area contributed by atoms with E-state index in [-0.39, 0.29) is 24.8 Å². The van der Waals surface area contributed by atoms with Crippen LogP contribution in [0.15, 0.2) is 42.5 Å². The molecule has 166 valence electrons. The molecule has 1 fully saturated rings. The topological polar surface area (TPSA) is 51.5 Å². The molecule has 1 saturated heterocycles. The third-order valence-corrected chi connectivity index (χ3v) is 5.50. The quantitative estimate of drug-likeness (QED) is 0.517. The lowest BCUT2D eigenvalue weighted by atomic mass is 9.98. The Labute approximate surface area is 184 Å².